The van der Waals surface area contributed by atoms with E-state index in [1.165, 1.54) is 5.56 Å². The predicted octanol–water partition coefficient (Wildman–Crippen LogP) is 2.45. The van der Waals surface area contributed by atoms with Gasteiger partial charge in [-0.15, -0.1) is 0 Å². The lowest BCUT2D eigenvalue weighted by molar-refractivity contribution is 0.248. The molecule has 1 rings (SSSR count). The van der Waals surface area contributed by atoms with Crippen LogP contribution in [0.15, 0.2) is 24.3 Å². The lowest BCUT2D eigenvalue weighted by Crippen LogP contribution is -2.23. The second-order valence-corrected chi connectivity index (χ2v) is 4.61. The number of nitrogens with one attached hydrogen (secondary N) is 1. The third-order valence-electron chi connectivity index (χ3n) is 3.08. The van der Waals surface area contributed by atoms with Crippen LogP contribution in [-0.2, 0) is 6.54 Å². The summed E-state index contributed by atoms with van der Waals surface area (Å²) in [5.74, 6) is 0.554. The van der Waals surface area contributed by atoms with Crippen molar-refractivity contribution in [3.05, 3.63) is 35.4 Å². The first-order chi connectivity index (χ1) is 8.80. The van der Waals surface area contributed by atoms with Gasteiger partial charge in [0.2, 0.25) is 0 Å². The molecule has 0 aliphatic rings. The highest BCUT2D eigenvalue weighted by atomic mass is 16.3. The summed E-state index contributed by atoms with van der Waals surface area (Å²) in [6.07, 6.45) is 3.18. The molecule has 0 aliphatic carbocycles. The summed E-state index contributed by atoms with van der Waals surface area (Å²) >= 11 is 0. The summed E-state index contributed by atoms with van der Waals surface area (Å²) in [7, 11) is 0. The van der Waals surface area contributed by atoms with E-state index in [1.807, 2.05) is 24.3 Å². The molecule has 0 fully saturated rings. The molecule has 0 aromatic heterocycles. The zero-order chi connectivity index (χ0) is 13.2. The molecular formula is C15H22N2O. The maximum Gasteiger partial charge on any atom is 0.0991 e. The molecule has 2 N–H and O–H groups in total. The fourth-order valence-corrected chi connectivity index (χ4v) is 2.06. The van der Waals surface area contributed by atoms with Crippen molar-refractivity contribution in [2.24, 2.45) is 5.92 Å². The molecule has 18 heavy (non-hydrogen) atoms. The molecule has 1 aromatic rings. The van der Waals surface area contributed by atoms with Crippen LogP contribution in [0.2, 0.25) is 0 Å². The van der Waals surface area contributed by atoms with E-state index >= 15 is 0 Å². The van der Waals surface area contributed by atoms with Crippen molar-refractivity contribution in [1.82, 2.24) is 5.32 Å². The predicted molar refractivity (Wildman–Crippen MR) is 73.0 cm³/mol. The third-order valence-corrected chi connectivity index (χ3v) is 3.08. The van der Waals surface area contributed by atoms with Crippen LogP contribution >= 0.6 is 0 Å². The Morgan fingerprint density at radius 1 is 1.28 bits per heavy atom. The van der Waals surface area contributed by atoms with E-state index in [9.17, 15) is 0 Å². The molecule has 0 saturated heterocycles. The molecule has 0 saturated carbocycles. The lowest BCUT2D eigenvalue weighted by atomic mass is 10.00. The monoisotopic (exact) mass is 246 g/mol. The number of nitrogens with zero attached hydrogens (tertiary/aromatic N) is 1. The van der Waals surface area contributed by atoms with Gasteiger partial charge in [0.1, 0.15) is 0 Å². The summed E-state index contributed by atoms with van der Waals surface area (Å²) < 4.78 is 0. The van der Waals surface area contributed by atoms with Crippen LogP contribution in [0.25, 0.3) is 0 Å². The molecule has 0 amide bonds. The quantitative estimate of drug-likeness (QED) is 0.740. The molecule has 1 atom stereocenters. The highest BCUT2D eigenvalue weighted by molar-refractivity contribution is 5.31. The highest BCUT2D eigenvalue weighted by Gasteiger charge is 2.06. The van der Waals surface area contributed by atoms with Gasteiger partial charge < -0.3 is 10.4 Å². The maximum absolute atomic E-state index is 8.98. The molecule has 0 spiro atoms. The molecule has 1 unspecified atom stereocenters. The van der Waals surface area contributed by atoms with Crippen molar-refractivity contribution >= 4 is 0 Å². The Kier molecular flexibility index (Phi) is 7.09. The lowest BCUT2D eigenvalue weighted by Gasteiger charge is -2.15. The van der Waals surface area contributed by atoms with Gasteiger partial charge in [-0.1, -0.05) is 25.5 Å². The Labute approximate surface area is 109 Å². The van der Waals surface area contributed by atoms with Gasteiger partial charge in [0.05, 0.1) is 11.6 Å². The van der Waals surface area contributed by atoms with E-state index in [0.29, 0.717) is 11.5 Å². The largest absolute Gasteiger partial charge is 0.396 e. The van der Waals surface area contributed by atoms with Gasteiger partial charge in [-0.3, -0.25) is 0 Å². The first-order valence-corrected chi connectivity index (χ1v) is 6.60. The summed E-state index contributed by atoms with van der Waals surface area (Å²) in [6.45, 7) is 4.19. The van der Waals surface area contributed by atoms with Crippen LogP contribution in [0.4, 0.5) is 0 Å². The van der Waals surface area contributed by atoms with E-state index in [2.05, 4.69) is 18.3 Å². The van der Waals surface area contributed by atoms with Crippen molar-refractivity contribution in [3.63, 3.8) is 0 Å². The first-order valence-electron chi connectivity index (χ1n) is 6.60. The first kappa shape index (κ1) is 14.7. The zero-order valence-corrected chi connectivity index (χ0v) is 11.0. The van der Waals surface area contributed by atoms with E-state index in [-0.39, 0.29) is 6.61 Å². The fourth-order valence-electron chi connectivity index (χ4n) is 2.06. The molecule has 3 heteroatoms. The third kappa shape index (κ3) is 5.31. The Morgan fingerprint density at radius 3 is 2.56 bits per heavy atom. The van der Waals surface area contributed by atoms with Crippen molar-refractivity contribution in [2.45, 2.75) is 32.7 Å². The van der Waals surface area contributed by atoms with Gasteiger partial charge in [-0.2, -0.15) is 5.26 Å². The summed E-state index contributed by atoms with van der Waals surface area (Å²) in [4.78, 5) is 0. The molecule has 0 heterocycles. The Hall–Kier alpha value is -1.37. The average Bonchev–Trinajstić information content (AvgIpc) is 2.40. The van der Waals surface area contributed by atoms with Crippen molar-refractivity contribution in [2.75, 3.05) is 13.2 Å². The van der Waals surface area contributed by atoms with Crippen molar-refractivity contribution in [1.29, 1.82) is 5.26 Å². The SMILES string of the molecule is CCCC(CCO)CNCc1ccc(C#N)cc1. The second kappa shape index (κ2) is 8.68. The number of rotatable bonds is 8. The minimum atomic E-state index is 0.267. The van der Waals surface area contributed by atoms with Gasteiger partial charge in [-0.25, -0.2) is 0 Å². The Morgan fingerprint density at radius 2 is 2.00 bits per heavy atom. The number of hydrogen-bond donors (Lipinski definition) is 2. The van der Waals surface area contributed by atoms with Crippen molar-refractivity contribution in [3.8, 4) is 6.07 Å². The van der Waals surface area contributed by atoms with E-state index < -0.39 is 0 Å². The van der Waals surface area contributed by atoms with Gasteiger partial charge in [0.25, 0.3) is 0 Å². The van der Waals surface area contributed by atoms with Gasteiger partial charge >= 0.3 is 0 Å². The maximum atomic E-state index is 8.98. The van der Waals surface area contributed by atoms with Crippen LogP contribution in [0.5, 0.6) is 0 Å². The summed E-state index contributed by atoms with van der Waals surface area (Å²) in [5.41, 5.74) is 1.89. The second-order valence-electron chi connectivity index (χ2n) is 4.61. The van der Waals surface area contributed by atoms with Gasteiger partial charge in [0.15, 0.2) is 0 Å². The minimum absolute atomic E-state index is 0.267. The topological polar surface area (TPSA) is 56.0 Å². The molecule has 0 radical (unpaired) electrons. The number of nitriles is 1. The summed E-state index contributed by atoms with van der Waals surface area (Å²) in [6, 6.07) is 9.75. The standard InChI is InChI=1S/C15H22N2O/c1-2-3-14(8-9-18)11-17-12-15-6-4-13(10-16)5-7-15/h4-7,14,17-18H,2-3,8-9,11-12H2,1H3. The van der Waals surface area contributed by atoms with Gasteiger partial charge in [-0.05, 0) is 43.0 Å². The van der Waals surface area contributed by atoms with E-state index in [4.69, 9.17) is 10.4 Å². The normalized spacial score (nSPS) is 12.1. The molecule has 0 aliphatic heterocycles. The minimum Gasteiger partial charge on any atom is -0.396 e. The van der Waals surface area contributed by atoms with Crippen molar-refractivity contribution < 1.29 is 5.11 Å². The van der Waals surface area contributed by atoms with Crippen LogP contribution < -0.4 is 5.32 Å². The van der Waals surface area contributed by atoms with Crippen LogP contribution in [-0.4, -0.2) is 18.3 Å². The summed E-state index contributed by atoms with van der Waals surface area (Å²) in [5, 5.41) is 21.1. The number of aliphatic hydroxyl groups excluding tert-OH is 1. The smallest absolute Gasteiger partial charge is 0.0991 e. The number of hydrogen-bond acceptors (Lipinski definition) is 3. The van der Waals surface area contributed by atoms with Crippen LogP contribution in [0.3, 0.4) is 0 Å². The van der Waals surface area contributed by atoms with E-state index in [0.717, 1.165) is 32.4 Å². The Bertz CT molecular complexity index is 361. The molecule has 1 aromatic carbocycles. The molecule has 98 valence electrons. The zero-order valence-electron chi connectivity index (χ0n) is 11.0. The molecular weight excluding hydrogens is 224 g/mol. The van der Waals surface area contributed by atoms with Crippen LogP contribution in [0.1, 0.15) is 37.3 Å². The highest BCUT2D eigenvalue weighted by Crippen LogP contribution is 2.10. The number of benzene rings is 1. The Balaban J connectivity index is 2.33. The average molecular weight is 246 g/mol. The molecule has 3 nitrogen and oxygen atoms in total. The van der Waals surface area contributed by atoms with Crippen LogP contribution in [0, 0.1) is 17.2 Å². The number of aliphatic hydroxyl groups is 1. The fraction of sp³-hybridized carbons (Fsp3) is 0.533. The van der Waals surface area contributed by atoms with E-state index in [1.54, 1.807) is 0 Å². The molecule has 0 bridgehead atoms. The van der Waals surface area contributed by atoms with Gasteiger partial charge in [0, 0.05) is 13.2 Å².